The van der Waals surface area contributed by atoms with E-state index >= 15 is 0 Å². The van der Waals surface area contributed by atoms with E-state index in [1.165, 1.54) is 0 Å². The van der Waals surface area contributed by atoms with Gasteiger partial charge in [0.1, 0.15) is 0 Å². The van der Waals surface area contributed by atoms with Gasteiger partial charge in [0, 0.05) is 24.4 Å². The fraction of sp³-hybridized carbons (Fsp3) is 0.300. The largest absolute Gasteiger partial charge is 0.390 e. The van der Waals surface area contributed by atoms with Crippen LogP contribution < -0.4 is 0 Å². The van der Waals surface area contributed by atoms with Crippen molar-refractivity contribution in [1.82, 2.24) is 4.90 Å². The Morgan fingerprint density at radius 2 is 1.92 bits per heavy atom. The van der Waals surface area contributed by atoms with Crippen LogP contribution in [0.2, 0.25) is 5.02 Å². The van der Waals surface area contributed by atoms with Crippen molar-refractivity contribution < 1.29 is 9.63 Å². The van der Waals surface area contributed by atoms with E-state index in [2.05, 4.69) is 5.16 Å². The summed E-state index contributed by atoms with van der Waals surface area (Å²) in [6.07, 6.45) is 1.04. The summed E-state index contributed by atoms with van der Waals surface area (Å²) >= 11 is 5.93. The van der Waals surface area contributed by atoms with Gasteiger partial charge in [-0.05, 0) is 23.3 Å². The number of benzene rings is 2. The molecular formula is C20H21ClN2O2. The van der Waals surface area contributed by atoms with Crippen LogP contribution in [0.25, 0.3) is 0 Å². The fourth-order valence-electron chi connectivity index (χ4n) is 2.87. The monoisotopic (exact) mass is 356 g/mol. The van der Waals surface area contributed by atoms with Gasteiger partial charge in [-0.1, -0.05) is 66.1 Å². The lowest BCUT2D eigenvalue weighted by Crippen LogP contribution is -2.36. The first-order chi connectivity index (χ1) is 12.2. The minimum absolute atomic E-state index is 0.118. The zero-order chi connectivity index (χ0) is 17.6. The Labute approximate surface area is 153 Å². The molecule has 0 fully saturated rings. The fourth-order valence-corrected chi connectivity index (χ4v) is 2.99. The van der Waals surface area contributed by atoms with Crippen LogP contribution in [-0.2, 0) is 16.2 Å². The topological polar surface area (TPSA) is 41.9 Å². The summed E-state index contributed by atoms with van der Waals surface area (Å²) < 4.78 is 0. The molecule has 3 rings (SSSR count). The molecular weight excluding hydrogens is 336 g/mol. The molecule has 0 bridgehead atoms. The Morgan fingerprint density at radius 3 is 2.60 bits per heavy atom. The van der Waals surface area contributed by atoms with E-state index in [0.29, 0.717) is 31.0 Å². The van der Waals surface area contributed by atoms with Gasteiger partial charge >= 0.3 is 0 Å². The first-order valence-corrected chi connectivity index (χ1v) is 8.84. The zero-order valence-electron chi connectivity index (χ0n) is 14.2. The van der Waals surface area contributed by atoms with Crippen molar-refractivity contribution in [3.8, 4) is 0 Å². The van der Waals surface area contributed by atoms with Crippen LogP contribution in [-0.4, -0.2) is 29.2 Å². The number of carbonyl (C=O) groups is 1. The maximum atomic E-state index is 12.3. The summed E-state index contributed by atoms with van der Waals surface area (Å²) in [4.78, 5) is 19.7. The van der Waals surface area contributed by atoms with Crippen molar-refractivity contribution >= 4 is 23.2 Å². The maximum Gasteiger partial charge on any atom is 0.222 e. The molecule has 25 heavy (non-hydrogen) atoms. The predicted molar refractivity (Wildman–Crippen MR) is 99.6 cm³/mol. The van der Waals surface area contributed by atoms with Gasteiger partial charge in [0.15, 0.2) is 6.10 Å². The number of rotatable bonds is 6. The number of oxime groups is 1. The maximum absolute atomic E-state index is 12.3. The highest BCUT2D eigenvalue weighted by Crippen LogP contribution is 2.20. The van der Waals surface area contributed by atoms with Gasteiger partial charge in [0.05, 0.1) is 12.3 Å². The van der Waals surface area contributed by atoms with Gasteiger partial charge in [-0.2, -0.15) is 0 Å². The first kappa shape index (κ1) is 17.5. The molecule has 0 radical (unpaired) electrons. The average Bonchev–Trinajstić information content (AvgIpc) is 3.10. The average molecular weight is 357 g/mol. The molecule has 2 aromatic rings. The molecule has 0 spiro atoms. The van der Waals surface area contributed by atoms with Gasteiger partial charge in [-0.15, -0.1) is 0 Å². The Hall–Kier alpha value is -2.33. The summed E-state index contributed by atoms with van der Waals surface area (Å²) in [6, 6.07) is 17.6. The second kappa shape index (κ2) is 8.17. The third-order valence-electron chi connectivity index (χ3n) is 4.21. The highest BCUT2D eigenvalue weighted by Gasteiger charge is 2.26. The molecule has 130 valence electrons. The van der Waals surface area contributed by atoms with E-state index in [1.54, 1.807) is 0 Å². The van der Waals surface area contributed by atoms with E-state index in [-0.39, 0.29) is 12.0 Å². The van der Waals surface area contributed by atoms with Crippen LogP contribution in [0.3, 0.4) is 0 Å². The van der Waals surface area contributed by atoms with Gasteiger partial charge in [-0.25, -0.2) is 0 Å². The quantitative estimate of drug-likeness (QED) is 0.775. The standard InChI is InChI=1S/C20H21ClN2O2/c1-2-20(24)23(13-15-6-4-3-5-7-15)14-18-12-19(22-25-18)16-8-10-17(21)11-9-16/h3-11,18H,2,12-14H2,1H3/t18-/m0/s1. The number of carbonyl (C=O) groups excluding carboxylic acids is 1. The van der Waals surface area contributed by atoms with E-state index in [1.807, 2.05) is 66.4 Å². The lowest BCUT2D eigenvalue weighted by molar-refractivity contribution is -0.133. The summed E-state index contributed by atoms with van der Waals surface area (Å²) in [5, 5.41) is 4.89. The Bertz CT molecular complexity index is 744. The van der Waals surface area contributed by atoms with Crippen molar-refractivity contribution in [2.24, 2.45) is 5.16 Å². The smallest absolute Gasteiger partial charge is 0.222 e. The summed E-state index contributed by atoms with van der Waals surface area (Å²) in [5.74, 6) is 0.118. The van der Waals surface area contributed by atoms with Crippen molar-refractivity contribution in [2.75, 3.05) is 6.54 Å². The Kier molecular flexibility index (Phi) is 5.71. The SMILES string of the molecule is CCC(=O)N(Cc1ccccc1)C[C@@H]1CC(c2ccc(Cl)cc2)=NO1. The molecule has 0 N–H and O–H groups in total. The van der Waals surface area contributed by atoms with Crippen LogP contribution in [0, 0.1) is 0 Å². The lowest BCUT2D eigenvalue weighted by Gasteiger charge is -2.24. The number of nitrogens with zero attached hydrogens (tertiary/aromatic N) is 2. The Morgan fingerprint density at radius 1 is 1.20 bits per heavy atom. The normalized spacial score (nSPS) is 16.2. The van der Waals surface area contributed by atoms with Crippen LogP contribution >= 0.6 is 11.6 Å². The molecule has 1 amide bonds. The number of amides is 1. The molecule has 0 saturated carbocycles. The van der Waals surface area contributed by atoms with E-state index in [4.69, 9.17) is 16.4 Å². The van der Waals surface area contributed by atoms with Gasteiger partial charge in [0.2, 0.25) is 5.91 Å². The molecule has 2 aromatic carbocycles. The van der Waals surface area contributed by atoms with Gasteiger partial charge in [0.25, 0.3) is 0 Å². The molecule has 1 atom stereocenters. The van der Waals surface area contributed by atoms with Crippen molar-refractivity contribution in [3.05, 3.63) is 70.7 Å². The first-order valence-electron chi connectivity index (χ1n) is 8.46. The zero-order valence-corrected chi connectivity index (χ0v) is 14.9. The lowest BCUT2D eigenvalue weighted by atomic mass is 10.0. The van der Waals surface area contributed by atoms with E-state index in [0.717, 1.165) is 16.8 Å². The predicted octanol–water partition coefficient (Wildman–Crippen LogP) is 4.27. The molecule has 1 heterocycles. The molecule has 0 unspecified atom stereocenters. The molecule has 0 aliphatic carbocycles. The van der Waals surface area contributed by atoms with E-state index < -0.39 is 0 Å². The highest BCUT2D eigenvalue weighted by molar-refractivity contribution is 6.30. The minimum Gasteiger partial charge on any atom is -0.390 e. The van der Waals surface area contributed by atoms with Crippen LogP contribution in [0.1, 0.15) is 30.9 Å². The molecule has 1 aliphatic rings. The highest BCUT2D eigenvalue weighted by atomic mass is 35.5. The van der Waals surface area contributed by atoms with Crippen LogP contribution in [0.15, 0.2) is 59.8 Å². The third kappa shape index (κ3) is 4.60. The molecule has 0 saturated heterocycles. The van der Waals surface area contributed by atoms with E-state index in [9.17, 15) is 4.79 Å². The van der Waals surface area contributed by atoms with Crippen molar-refractivity contribution in [2.45, 2.75) is 32.4 Å². The van der Waals surface area contributed by atoms with Crippen molar-refractivity contribution in [3.63, 3.8) is 0 Å². The summed E-state index contributed by atoms with van der Waals surface area (Å²) in [5.41, 5.74) is 3.01. The second-order valence-electron chi connectivity index (χ2n) is 6.09. The van der Waals surface area contributed by atoms with Crippen LogP contribution in [0.5, 0.6) is 0 Å². The molecule has 0 aromatic heterocycles. The number of hydrogen-bond acceptors (Lipinski definition) is 3. The Balaban J connectivity index is 1.63. The van der Waals surface area contributed by atoms with Crippen LogP contribution in [0.4, 0.5) is 0 Å². The van der Waals surface area contributed by atoms with Gasteiger partial charge in [-0.3, -0.25) is 4.79 Å². The minimum atomic E-state index is -0.120. The molecule has 1 aliphatic heterocycles. The molecule has 4 nitrogen and oxygen atoms in total. The molecule has 5 heteroatoms. The van der Waals surface area contributed by atoms with Gasteiger partial charge < -0.3 is 9.74 Å². The summed E-state index contributed by atoms with van der Waals surface area (Å²) in [6.45, 7) is 3.00. The second-order valence-corrected chi connectivity index (χ2v) is 6.53. The third-order valence-corrected chi connectivity index (χ3v) is 4.46. The summed E-state index contributed by atoms with van der Waals surface area (Å²) in [7, 11) is 0. The number of halogens is 1. The number of hydrogen-bond donors (Lipinski definition) is 0. The van der Waals surface area contributed by atoms with Crippen molar-refractivity contribution in [1.29, 1.82) is 0 Å².